The summed E-state index contributed by atoms with van der Waals surface area (Å²) in [5.41, 5.74) is 5.77. The minimum absolute atomic E-state index is 0.0775. The summed E-state index contributed by atoms with van der Waals surface area (Å²) >= 11 is 1.43. The molecule has 2 N–H and O–H groups in total. The highest BCUT2D eigenvalue weighted by atomic mass is 32.1. The molecule has 1 aromatic heterocycles. The van der Waals surface area contributed by atoms with Crippen molar-refractivity contribution in [2.24, 2.45) is 11.7 Å². The molecule has 5 heteroatoms. The van der Waals surface area contributed by atoms with Crippen molar-refractivity contribution in [1.82, 2.24) is 4.90 Å². The molecule has 0 bridgehead atoms. The SMILES string of the molecule is COc1csc(C(=O)N(C)C2CCCC2CN)c1. The molecule has 100 valence electrons. The number of hydrogen-bond donors (Lipinski definition) is 1. The Labute approximate surface area is 112 Å². The summed E-state index contributed by atoms with van der Waals surface area (Å²) in [5, 5.41) is 1.86. The molecule has 1 aliphatic carbocycles. The average Bonchev–Trinajstić information content (AvgIpc) is 3.04. The summed E-state index contributed by atoms with van der Waals surface area (Å²) in [5.74, 6) is 1.27. The number of nitrogens with zero attached hydrogens (tertiary/aromatic N) is 1. The van der Waals surface area contributed by atoms with E-state index >= 15 is 0 Å². The Hall–Kier alpha value is -1.07. The average molecular weight is 268 g/mol. The molecule has 1 heterocycles. The van der Waals surface area contributed by atoms with Gasteiger partial charge in [-0.05, 0) is 25.3 Å². The van der Waals surface area contributed by atoms with Crippen LogP contribution in [0.4, 0.5) is 0 Å². The van der Waals surface area contributed by atoms with Gasteiger partial charge in [-0.2, -0.15) is 0 Å². The van der Waals surface area contributed by atoms with E-state index in [9.17, 15) is 4.79 Å². The van der Waals surface area contributed by atoms with Crippen molar-refractivity contribution >= 4 is 17.2 Å². The number of thiophene rings is 1. The normalized spacial score (nSPS) is 23.1. The molecule has 1 amide bonds. The van der Waals surface area contributed by atoms with Crippen molar-refractivity contribution in [3.63, 3.8) is 0 Å². The van der Waals surface area contributed by atoms with Crippen LogP contribution < -0.4 is 10.5 Å². The Morgan fingerprint density at radius 3 is 3.00 bits per heavy atom. The van der Waals surface area contributed by atoms with E-state index in [-0.39, 0.29) is 11.9 Å². The summed E-state index contributed by atoms with van der Waals surface area (Å²) < 4.78 is 5.11. The number of amides is 1. The van der Waals surface area contributed by atoms with Gasteiger partial charge in [0, 0.05) is 24.5 Å². The van der Waals surface area contributed by atoms with Crippen LogP contribution in [0.1, 0.15) is 28.9 Å². The largest absolute Gasteiger partial charge is 0.496 e. The molecule has 4 nitrogen and oxygen atoms in total. The van der Waals surface area contributed by atoms with Crippen molar-refractivity contribution < 1.29 is 9.53 Å². The first-order valence-electron chi connectivity index (χ1n) is 6.27. The molecule has 1 aromatic rings. The van der Waals surface area contributed by atoms with Crippen molar-refractivity contribution in [1.29, 1.82) is 0 Å². The van der Waals surface area contributed by atoms with Gasteiger partial charge < -0.3 is 15.4 Å². The molecule has 1 saturated carbocycles. The first-order chi connectivity index (χ1) is 8.67. The molecule has 0 aromatic carbocycles. The maximum absolute atomic E-state index is 12.4. The second-order valence-electron chi connectivity index (χ2n) is 4.76. The minimum atomic E-state index is 0.0775. The van der Waals surface area contributed by atoms with E-state index < -0.39 is 0 Å². The zero-order chi connectivity index (χ0) is 13.1. The van der Waals surface area contributed by atoms with Crippen LogP contribution in [0.2, 0.25) is 0 Å². The lowest BCUT2D eigenvalue weighted by Crippen LogP contribution is -2.41. The Kier molecular flexibility index (Phi) is 4.24. The molecular formula is C13H20N2O2S. The molecule has 1 aliphatic rings. The van der Waals surface area contributed by atoms with Gasteiger partial charge in [0.15, 0.2) is 0 Å². The van der Waals surface area contributed by atoms with Crippen LogP contribution in [0.3, 0.4) is 0 Å². The molecule has 18 heavy (non-hydrogen) atoms. The minimum Gasteiger partial charge on any atom is -0.496 e. The Morgan fingerprint density at radius 2 is 2.39 bits per heavy atom. The van der Waals surface area contributed by atoms with E-state index in [1.165, 1.54) is 11.3 Å². The smallest absolute Gasteiger partial charge is 0.264 e. The van der Waals surface area contributed by atoms with Gasteiger partial charge in [-0.1, -0.05) is 6.42 Å². The van der Waals surface area contributed by atoms with Gasteiger partial charge in [0.1, 0.15) is 5.75 Å². The summed E-state index contributed by atoms with van der Waals surface area (Å²) in [6, 6.07) is 2.09. The Balaban J connectivity index is 2.08. The molecule has 2 rings (SSSR count). The van der Waals surface area contributed by atoms with E-state index in [0.29, 0.717) is 12.5 Å². The van der Waals surface area contributed by atoms with Crippen molar-refractivity contribution in [3.8, 4) is 5.75 Å². The van der Waals surface area contributed by atoms with Gasteiger partial charge in [-0.25, -0.2) is 0 Å². The first-order valence-corrected chi connectivity index (χ1v) is 7.15. The standard InChI is InChI=1S/C13H20N2O2S/c1-15(11-5-3-4-9(11)7-14)13(16)12-6-10(17-2)8-18-12/h6,8-9,11H,3-5,7,14H2,1-2H3. The molecular weight excluding hydrogens is 248 g/mol. The lowest BCUT2D eigenvalue weighted by Gasteiger charge is -2.28. The number of rotatable bonds is 4. The van der Waals surface area contributed by atoms with Crippen LogP contribution in [0.25, 0.3) is 0 Å². The van der Waals surface area contributed by atoms with Crippen LogP contribution in [0.5, 0.6) is 5.75 Å². The maximum Gasteiger partial charge on any atom is 0.264 e. The van der Waals surface area contributed by atoms with E-state index in [2.05, 4.69) is 0 Å². The lowest BCUT2D eigenvalue weighted by atomic mass is 10.0. The third-order valence-electron chi connectivity index (χ3n) is 3.76. The second kappa shape index (κ2) is 5.71. The third kappa shape index (κ3) is 2.52. The second-order valence-corrected chi connectivity index (χ2v) is 5.67. The predicted molar refractivity (Wildman–Crippen MR) is 73.1 cm³/mol. The topological polar surface area (TPSA) is 55.6 Å². The number of carbonyl (C=O) groups is 1. The molecule has 0 aliphatic heterocycles. The number of carbonyl (C=O) groups excluding carboxylic acids is 1. The fraction of sp³-hybridized carbons (Fsp3) is 0.615. The van der Waals surface area contributed by atoms with Crippen LogP contribution in [0, 0.1) is 5.92 Å². The number of methoxy groups -OCH3 is 1. The summed E-state index contributed by atoms with van der Waals surface area (Å²) in [7, 11) is 3.49. The monoisotopic (exact) mass is 268 g/mol. The van der Waals surface area contributed by atoms with Gasteiger partial charge in [-0.3, -0.25) is 4.79 Å². The Bertz CT molecular complexity index is 419. The van der Waals surface area contributed by atoms with Gasteiger partial charge in [0.05, 0.1) is 12.0 Å². The first kappa shape index (κ1) is 13.4. The van der Waals surface area contributed by atoms with E-state index in [0.717, 1.165) is 29.9 Å². The van der Waals surface area contributed by atoms with Crippen molar-refractivity contribution in [2.45, 2.75) is 25.3 Å². The zero-order valence-electron chi connectivity index (χ0n) is 10.9. The van der Waals surface area contributed by atoms with Gasteiger partial charge >= 0.3 is 0 Å². The fourth-order valence-corrected chi connectivity index (χ4v) is 3.50. The summed E-state index contributed by atoms with van der Waals surface area (Å²) in [6.45, 7) is 0.663. The maximum atomic E-state index is 12.4. The van der Waals surface area contributed by atoms with Crippen molar-refractivity contribution in [3.05, 3.63) is 16.3 Å². The van der Waals surface area contributed by atoms with Gasteiger partial charge in [-0.15, -0.1) is 11.3 Å². The third-order valence-corrected chi connectivity index (χ3v) is 4.66. The molecule has 2 unspecified atom stereocenters. The Morgan fingerprint density at radius 1 is 1.61 bits per heavy atom. The highest BCUT2D eigenvalue weighted by Crippen LogP contribution is 2.30. The quantitative estimate of drug-likeness (QED) is 0.908. The van der Waals surface area contributed by atoms with Gasteiger partial charge in [0.2, 0.25) is 0 Å². The molecule has 0 saturated heterocycles. The van der Waals surface area contributed by atoms with Crippen LogP contribution >= 0.6 is 11.3 Å². The van der Waals surface area contributed by atoms with E-state index in [1.54, 1.807) is 13.2 Å². The number of hydrogen-bond acceptors (Lipinski definition) is 4. The van der Waals surface area contributed by atoms with Crippen molar-refractivity contribution in [2.75, 3.05) is 20.7 Å². The molecule has 0 radical (unpaired) electrons. The highest BCUT2D eigenvalue weighted by molar-refractivity contribution is 7.12. The molecule has 1 fully saturated rings. The van der Waals surface area contributed by atoms with Crippen LogP contribution in [0.15, 0.2) is 11.4 Å². The predicted octanol–water partition coefficient (Wildman–Crippen LogP) is 1.96. The molecule has 2 atom stereocenters. The van der Waals surface area contributed by atoms with E-state index in [1.807, 2.05) is 17.3 Å². The summed E-state index contributed by atoms with van der Waals surface area (Å²) in [4.78, 5) is 15.0. The van der Waals surface area contributed by atoms with Gasteiger partial charge in [0.25, 0.3) is 5.91 Å². The molecule has 0 spiro atoms. The highest BCUT2D eigenvalue weighted by Gasteiger charge is 2.32. The zero-order valence-corrected chi connectivity index (χ0v) is 11.7. The lowest BCUT2D eigenvalue weighted by molar-refractivity contribution is 0.0704. The summed E-state index contributed by atoms with van der Waals surface area (Å²) in [6.07, 6.45) is 3.36. The van der Waals surface area contributed by atoms with Crippen LogP contribution in [-0.4, -0.2) is 37.6 Å². The van der Waals surface area contributed by atoms with Crippen LogP contribution in [-0.2, 0) is 0 Å². The fourth-order valence-electron chi connectivity index (χ4n) is 2.66. The number of ether oxygens (including phenoxy) is 1. The van der Waals surface area contributed by atoms with E-state index in [4.69, 9.17) is 10.5 Å². The number of nitrogens with two attached hydrogens (primary N) is 1.